The van der Waals surface area contributed by atoms with Crippen LogP contribution in [0.15, 0.2) is 42.5 Å². The highest BCUT2D eigenvalue weighted by molar-refractivity contribution is 5.97. The fourth-order valence-electron chi connectivity index (χ4n) is 3.31. The van der Waals surface area contributed by atoms with E-state index in [0.29, 0.717) is 12.1 Å². The van der Waals surface area contributed by atoms with Crippen LogP contribution in [0.4, 0.5) is 5.69 Å². The minimum Gasteiger partial charge on any atom is -0.372 e. The van der Waals surface area contributed by atoms with Crippen molar-refractivity contribution in [2.45, 2.75) is 33.9 Å². The zero-order chi connectivity index (χ0) is 19.4. The van der Waals surface area contributed by atoms with Crippen LogP contribution in [0.5, 0.6) is 0 Å². The summed E-state index contributed by atoms with van der Waals surface area (Å²) in [6.07, 6.45) is 0. The van der Waals surface area contributed by atoms with Gasteiger partial charge in [0.2, 0.25) is 0 Å². The number of hydrogen-bond donors (Lipinski definition) is 0. The number of hydrogen-bond acceptors (Lipinski definition) is 4. The predicted octanol–water partition coefficient (Wildman–Crippen LogP) is 3.57. The Morgan fingerprint density at radius 2 is 1.74 bits per heavy atom. The maximum Gasteiger partial charge on any atom is 0.253 e. The second-order valence-electron chi connectivity index (χ2n) is 6.61. The summed E-state index contributed by atoms with van der Waals surface area (Å²) in [6, 6.07) is 14.0. The van der Waals surface area contributed by atoms with Crippen LogP contribution in [-0.4, -0.2) is 45.9 Å². The average Bonchev–Trinajstić information content (AvgIpc) is 3.11. The Morgan fingerprint density at radius 1 is 1.04 bits per heavy atom. The molecule has 3 rings (SSSR count). The Morgan fingerprint density at radius 3 is 2.37 bits per heavy atom. The van der Waals surface area contributed by atoms with Gasteiger partial charge in [0.15, 0.2) is 0 Å². The summed E-state index contributed by atoms with van der Waals surface area (Å²) in [5, 5.41) is 8.26. The van der Waals surface area contributed by atoms with Crippen LogP contribution in [-0.2, 0) is 13.1 Å². The van der Waals surface area contributed by atoms with Gasteiger partial charge in [-0.15, -0.1) is 5.10 Å². The van der Waals surface area contributed by atoms with Crippen molar-refractivity contribution in [3.8, 4) is 0 Å². The van der Waals surface area contributed by atoms with E-state index in [9.17, 15) is 4.79 Å². The van der Waals surface area contributed by atoms with E-state index >= 15 is 0 Å². The summed E-state index contributed by atoms with van der Waals surface area (Å²) < 4.78 is 1.82. The molecule has 2 aromatic carbocycles. The number of amides is 1. The maximum atomic E-state index is 12.8. The molecule has 27 heavy (non-hydrogen) atoms. The lowest BCUT2D eigenvalue weighted by Crippen LogP contribution is -2.26. The molecule has 1 heterocycles. The van der Waals surface area contributed by atoms with Crippen LogP contribution in [0.1, 0.15) is 36.7 Å². The van der Waals surface area contributed by atoms with Crippen molar-refractivity contribution in [2.24, 2.45) is 0 Å². The third kappa shape index (κ3) is 3.94. The van der Waals surface area contributed by atoms with Crippen LogP contribution in [0.25, 0.3) is 11.0 Å². The van der Waals surface area contributed by atoms with E-state index in [0.717, 1.165) is 36.2 Å². The number of aromatic nitrogens is 3. The summed E-state index contributed by atoms with van der Waals surface area (Å²) in [7, 11) is 1.83. The maximum absolute atomic E-state index is 12.8. The summed E-state index contributed by atoms with van der Waals surface area (Å²) in [5.74, 6) is -0.0178. The molecule has 0 saturated heterocycles. The van der Waals surface area contributed by atoms with E-state index in [1.165, 1.54) is 5.69 Å². The Kier molecular flexibility index (Phi) is 5.74. The monoisotopic (exact) mass is 365 g/mol. The van der Waals surface area contributed by atoms with Gasteiger partial charge in [0.05, 0.1) is 5.52 Å². The Balaban J connectivity index is 1.72. The molecule has 0 bridgehead atoms. The summed E-state index contributed by atoms with van der Waals surface area (Å²) in [4.78, 5) is 16.8. The van der Waals surface area contributed by atoms with Crippen LogP contribution in [0, 0.1) is 0 Å². The molecular weight excluding hydrogens is 338 g/mol. The molecular formula is C21H27N5O. The van der Waals surface area contributed by atoms with Gasteiger partial charge < -0.3 is 9.80 Å². The third-order valence-electron chi connectivity index (χ3n) is 4.89. The molecule has 0 aliphatic heterocycles. The molecule has 0 saturated carbocycles. The van der Waals surface area contributed by atoms with Crippen molar-refractivity contribution in [3.05, 3.63) is 53.6 Å². The van der Waals surface area contributed by atoms with Gasteiger partial charge in [-0.2, -0.15) is 0 Å². The fraction of sp³-hybridized carbons (Fsp3) is 0.381. The highest BCUT2D eigenvalue weighted by atomic mass is 16.2. The van der Waals surface area contributed by atoms with Crippen molar-refractivity contribution in [1.82, 2.24) is 19.9 Å². The zero-order valence-electron chi connectivity index (χ0n) is 16.5. The van der Waals surface area contributed by atoms with Crippen molar-refractivity contribution in [2.75, 3.05) is 25.0 Å². The molecule has 6 nitrogen and oxygen atoms in total. The van der Waals surface area contributed by atoms with Crippen LogP contribution < -0.4 is 4.90 Å². The number of carbonyl (C=O) groups excluding carboxylic acids is 1. The quantitative estimate of drug-likeness (QED) is 0.642. The number of anilines is 1. The zero-order valence-corrected chi connectivity index (χ0v) is 16.5. The van der Waals surface area contributed by atoms with E-state index < -0.39 is 0 Å². The van der Waals surface area contributed by atoms with Gasteiger partial charge in [0, 0.05) is 44.5 Å². The summed E-state index contributed by atoms with van der Waals surface area (Å²) >= 11 is 0. The summed E-state index contributed by atoms with van der Waals surface area (Å²) in [6.45, 7) is 9.62. The first-order chi connectivity index (χ1) is 13.1. The van der Waals surface area contributed by atoms with Gasteiger partial charge in [0.25, 0.3) is 5.91 Å². The normalized spacial score (nSPS) is 11.0. The second-order valence-corrected chi connectivity index (χ2v) is 6.61. The molecule has 0 atom stereocenters. The van der Waals surface area contributed by atoms with Crippen LogP contribution >= 0.6 is 0 Å². The molecule has 0 spiro atoms. The van der Waals surface area contributed by atoms with Gasteiger partial charge in [0.1, 0.15) is 5.52 Å². The minimum atomic E-state index is -0.0178. The van der Waals surface area contributed by atoms with E-state index in [-0.39, 0.29) is 5.91 Å². The van der Waals surface area contributed by atoms with Crippen molar-refractivity contribution in [1.29, 1.82) is 0 Å². The number of benzene rings is 2. The molecule has 0 N–H and O–H groups in total. The average molecular weight is 365 g/mol. The SMILES string of the molecule is CCN(CC)c1ccc(CN(C)C(=O)c2ccc3c(c2)nnn3CC)cc1. The molecule has 6 heteroatoms. The van der Waals surface area contributed by atoms with Gasteiger partial charge in [-0.25, -0.2) is 4.68 Å². The van der Waals surface area contributed by atoms with Crippen LogP contribution in [0.3, 0.4) is 0 Å². The van der Waals surface area contributed by atoms with Crippen molar-refractivity contribution >= 4 is 22.6 Å². The molecule has 142 valence electrons. The lowest BCUT2D eigenvalue weighted by Gasteiger charge is -2.22. The third-order valence-corrected chi connectivity index (χ3v) is 4.89. The molecule has 3 aromatic rings. The molecule has 1 aromatic heterocycles. The lowest BCUT2D eigenvalue weighted by atomic mass is 10.1. The highest BCUT2D eigenvalue weighted by Gasteiger charge is 2.14. The number of fused-ring (bicyclic) bond motifs is 1. The highest BCUT2D eigenvalue weighted by Crippen LogP contribution is 2.18. The Hall–Kier alpha value is -2.89. The summed E-state index contributed by atoms with van der Waals surface area (Å²) in [5.41, 5.74) is 4.65. The molecule has 0 radical (unpaired) electrons. The van der Waals surface area contributed by atoms with E-state index in [1.807, 2.05) is 36.9 Å². The molecule has 0 unspecified atom stereocenters. The smallest absolute Gasteiger partial charge is 0.253 e. The first-order valence-electron chi connectivity index (χ1n) is 9.49. The fourth-order valence-corrected chi connectivity index (χ4v) is 3.31. The molecule has 0 aliphatic rings. The largest absolute Gasteiger partial charge is 0.372 e. The Bertz CT molecular complexity index is 912. The van der Waals surface area contributed by atoms with E-state index in [2.05, 4.69) is 53.3 Å². The lowest BCUT2D eigenvalue weighted by molar-refractivity contribution is 0.0785. The van der Waals surface area contributed by atoms with Gasteiger partial charge >= 0.3 is 0 Å². The molecule has 0 aliphatic carbocycles. The molecule has 0 fully saturated rings. The van der Waals surface area contributed by atoms with E-state index in [4.69, 9.17) is 0 Å². The van der Waals surface area contributed by atoms with Gasteiger partial charge in [-0.3, -0.25) is 4.79 Å². The van der Waals surface area contributed by atoms with Gasteiger partial charge in [-0.1, -0.05) is 17.3 Å². The topological polar surface area (TPSA) is 54.3 Å². The number of carbonyl (C=O) groups is 1. The van der Waals surface area contributed by atoms with Crippen molar-refractivity contribution < 1.29 is 4.79 Å². The first kappa shape index (κ1) is 18.9. The minimum absolute atomic E-state index is 0.0178. The Labute approximate surface area is 160 Å². The van der Waals surface area contributed by atoms with Crippen LogP contribution in [0.2, 0.25) is 0 Å². The second kappa shape index (κ2) is 8.20. The van der Waals surface area contributed by atoms with Gasteiger partial charge in [-0.05, 0) is 56.7 Å². The van der Waals surface area contributed by atoms with E-state index in [1.54, 1.807) is 4.90 Å². The predicted molar refractivity (Wildman–Crippen MR) is 109 cm³/mol. The van der Waals surface area contributed by atoms with Crippen molar-refractivity contribution in [3.63, 3.8) is 0 Å². The standard InChI is InChI=1S/C21H27N5O/c1-5-25(6-2)18-11-8-16(9-12-18)15-24(4)21(27)17-10-13-20-19(14-17)22-23-26(20)7-3/h8-14H,5-7,15H2,1-4H3. The number of rotatable bonds is 7. The molecule has 1 amide bonds. The number of nitrogens with zero attached hydrogens (tertiary/aromatic N) is 5. The first-order valence-corrected chi connectivity index (χ1v) is 9.49. The number of aryl methyl sites for hydroxylation is 1.